The van der Waals surface area contributed by atoms with E-state index in [1.807, 2.05) is 0 Å². The molecule has 110 valence electrons. The Morgan fingerprint density at radius 3 is 2.73 bits per heavy atom. The molecular weight excluding hydrogens is 357 g/mol. The summed E-state index contributed by atoms with van der Waals surface area (Å²) in [6, 6.07) is 8.40. The average Bonchev–Trinajstić information content (AvgIpc) is 2.79. The van der Waals surface area contributed by atoms with E-state index in [-0.39, 0.29) is 27.0 Å². The number of carbonyl (C=O) groups excluding carboxylic acids is 1. The topological polar surface area (TPSA) is 69.4 Å². The molecule has 0 radical (unpaired) electrons. The van der Waals surface area contributed by atoms with E-state index in [1.54, 1.807) is 0 Å². The molecule has 0 amide bonds. The second-order valence-electron chi connectivity index (χ2n) is 4.53. The molecule has 0 fully saturated rings. The highest BCUT2D eigenvalue weighted by atomic mass is 79.9. The second-order valence-corrected chi connectivity index (χ2v) is 5.38. The first-order chi connectivity index (χ1) is 10.5. The van der Waals surface area contributed by atoms with Crippen molar-refractivity contribution in [3.63, 3.8) is 0 Å². The molecule has 1 aliphatic rings. The van der Waals surface area contributed by atoms with Crippen molar-refractivity contribution >= 4 is 39.4 Å². The zero-order valence-corrected chi connectivity index (χ0v) is 12.5. The summed E-state index contributed by atoms with van der Waals surface area (Å²) in [7, 11) is 0. The van der Waals surface area contributed by atoms with Gasteiger partial charge in [-0.2, -0.15) is 0 Å². The number of rotatable bonds is 2. The van der Waals surface area contributed by atoms with Gasteiger partial charge in [0.15, 0.2) is 0 Å². The van der Waals surface area contributed by atoms with Gasteiger partial charge in [0, 0.05) is 6.07 Å². The van der Waals surface area contributed by atoms with E-state index in [9.17, 15) is 19.3 Å². The zero-order chi connectivity index (χ0) is 15.9. The minimum absolute atomic E-state index is 0.0748. The second kappa shape index (κ2) is 5.34. The van der Waals surface area contributed by atoms with E-state index in [0.29, 0.717) is 5.56 Å². The monoisotopic (exact) mass is 363 g/mol. The molecule has 0 saturated heterocycles. The maximum Gasteiger partial charge on any atom is 0.344 e. The number of hydrogen-bond acceptors (Lipinski definition) is 4. The number of carbonyl (C=O) groups is 1. The van der Waals surface area contributed by atoms with Gasteiger partial charge < -0.3 is 4.74 Å². The van der Waals surface area contributed by atoms with Crippen LogP contribution in [0, 0.1) is 15.9 Å². The smallest absolute Gasteiger partial charge is 0.344 e. The fourth-order valence-corrected chi connectivity index (χ4v) is 2.58. The Morgan fingerprint density at radius 1 is 1.27 bits per heavy atom. The molecule has 5 nitrogen and oxygen atoms in total. The average molecular weight is 364 g/mol. The largest absolute Gasteiger partial charge is 0.422 e. The van der Waals surface area contributed by atoms with Crippen LogP contribution in [-0.4, -0.2) is 10.9 Å². The van der Waals surface area contributed by atoms with Crippen LogP contribution in [-0.2, 0) is 4.74 Å². The SMILES string of the molecule is O=C1O/C(=C/c2ccc(F)c(Br)c2)c2c1cccc2[N+](=O)[O-]. The molecule has 0 aliphatic carbocycles. The van der Waals surface area contributed by atoms with E-state index in [2.05, 4.69) is 15.9 Å². The predicted molar refractivity (Wildman–Crippen MR) is 80.5 cm³/mol. The highest BCUT2D eigenvalue weighted by Crippen LogP contribution is 2.37. The maximum absolute atomic E-state index is 13.2. The van der Waals surface area contributed by atoms with Gasteiger partial charge in [0.05, 0.1) is 15.0 Å². The number of nitro groups is 1. The normalized spacial score (nSPS) is 14.8. The van der Waals surface area contributed by atoms with Gasteiger partial charge in [-0.05, 0) is 45.8 Å². The number of fused-ring (bicyclic) bond motifs is 1. The Morgan fingerprint density at radius 2 is 2.05 bits per heavy atom. The maximum atomic E-state index is 13.2. The number of hydrogen-bond donors (Lipinski definition) is 0. The first-order valence-electron chi connectivity index (χ1n) is 6.14. The molecule has 7 heteroatoms. The van der Waals surface area contributed by atoms with Crippen molar-refractivity contribution in [2.45, 2.75) is 0 Å². The molecule has 0 atom stereocenters. The van der Waals surface area contributed by atoms with Gasteiger partial charge in [0.2, 0.25) is 0 Å². The molecule has 2 aromatic rings. The van der Waals surface area contributed by atoms with Crippen LogP contribution in [0.2, 0.25) is 0 Å². The molecule has 0 N–H and O–H groups in total. The molecule has 0 unspecified atom stereocenters. The molecule has 1 heterocycles. The number of halogens is 2. The van der Waals surface area contributed by atoms with Crippen LogP contribution in [0.3, 0.4) is 0 Å². The van der Waals surface area contributed by atoms with Crippen molar-refractivity contribution in [1.29, 1.82) is 0 Å². The van der Waals surface area contributed by atoms with Crippen molar-refractivity contribution in [3.8, 4) is 0 Å². The van der Waals surface area contributed by atoms with Crippen molar-refractivity contribution in [1.82, 2.24) is 0 Å². The van der Waals surface area contributed by atoms with Crippen LogP contribution in [0.15, 0.2) is 40.9 Å². The highest BCUT2D eigenvalue weighted by Gasteiger charge is 2.33. The Bertz CT molecular complexity index is 847. The number of nitro benzene ring substituents is 1. The lowest BCUT2D eigenvalue weighted by Crippen LogP contribution is -1.95. The lowest BCUT2D eigenvalue weighted by atomic mass is 10.0. The van der Waals surface area contributed by atoms with Gasteiger partial charge >= 0.3 is 5.97 Å². The summed E-state index contributed by atoms with van der Waals surface area (Å²) in [5.74, 6) is -1.01. The van der Waals surface area contributed by atoms with Gasteiger partial charge in [-0.25, -0.2) is 9.18 Å². The third-order valence-corrected chi connectivity index (χ3v) is 3.76. The number of esters is 1. The van der Waals surface area contributed by atoms with Crippen molar-refractivity contribution in [3.05, 3.63) is 73.5 Å². The van der Waals surface area contributed by atoms with E-state index >= 15 is 0 Å². The van der Waals surface area contributed by atoms with Crippen molar-refractivity contribution < 1.29 is 18.8 Å². The van der Waals surface area contributed by atoms with E-state index < -0.39 is 16.7 Å². The van der Waals surface area contributed by atoms with Crippen LogP contribution >= 0.6 is 15.9 Å². The van der Waals surface area contributed by atoms with Gasteiger partial charge in [0.1, 0.15) is 17.1 Å². The lowest BCUT2D eigenvalue weighted by molar-refractivity contribution is -0.385. The van der Waals surface area contributed by atoms with Gasteiger partial charge in [-0.15, -0.1) is 0 Å². The third-order valence-electron chi connectivity index (χ3n) is 3.15. The number of nitrogens with zero attached hydrogens (tertiary/aromatic N) is 1. The summed E-state index contributed by atoms with van der Waals surface area (Å²) in [5.41, 5.74) is 0.609. The molecule has 0 bridgehead atoms. The van der Waals surface area contributed by atoms with Crippen LogP contribution in [0.1, 0.15) is 21.5 Å². The summed E-state index contributed by atoms with van der Waals surface area (Å²) in [4.78, 5) is 22.4. The Balaban J connectivity index is 2.16. The van der Waals surface area contributed by atoms with Crippen molar-refractivity contribution in [2.75, 3.05) is 0 Å². The molecule has 3 rings (SSSR count). The van der Waals surface area contributed by atoms with Crippen LogP contribution < -0.4 is 0 Å². The molecule has 0 saturated carbocycles. The molecular formula is C15H7BrFNO4. The van der Waals surface area contributed by atoms with E-state index in [4.69, 9.17) is 4.74 Å². The Kier molecular flexibility index (Phi) is 3.50. The fourth-order valence-electron chi connectivity index (χ4n) is 2.18. The number of ether oxygens (including phenoxy) is 1. The standard InChI is InChI=1S/C15H7BrFNO4/c16-10-6-8(4-5-11(10)17)7-13-14-9(15(19)22-13)2-1-3-12(14)18(20)21/h1-7H/b13-7+. The van der Waals surface area contributed by atoms with Gasteiger partial charge in [-0.1, -0.05) is 12.1 Å². The predicted octanol–water partition coefficient (Wildman–Crippen LogP) is 4.16. The summed E-state index contributed by atoms with van der Waals surface area (Å²) >= 11 is 3.06. The van der Waals surface area contributed by atoms with E-state index in [1.165, 1.54) is 42.5 Å². The number of cyclic esters (lactones) is 1. The van der Waals surface area contributed by atoms with Crippen LogP contribution in [0.5, 0.6) is 0 Å². The summed E-state index contributed by atoms with van der Waals surface area (Å²) in [6.07, 6.45) is 1.46. The van der Waals surface area contributed by atoms with Gasteiger partial charge in [-0.3, -0.25) is 10.1 Å². The van der Waals surface area contributed by atoms with Crippen LogP contribution in [0.4, 0.5) is 10.1 Å². The first kappa shape index (κ1) is 14.4. The summed E-state index contributed by atoms with van der Waals surface area (Å²) in [6.45, 7) is 0. The molecule has 0 spiro atoms. The Labute approximate surface area is 132 Å². The minimum atomic E-state index is -0.647. The molecule has 2 aromatic carbocycles. The zero-order valence-electron chi connectivity index (χ0n) is 10.9. The van der Waals surface area contributed by atoms with Crippen LogP contribution in [0.25, 0.3) is 11.8 Å². The van der Waals surface area contributed by atoms with Gasteiger partial charge in [0.25, 0.3) is 5.69 Å². The molecule has 22 heavy (non-hydrogen) atoms. The minimum Gasteiger partial charge on any atom is -0.422 e. The third kappa shape index (κ3) is 2.39. The molecule has 0 aromatic heterocycles. The fraction of sp³-hybridized carbons (Fsp3) is 0. The quantitative estimate of drug-likeness (QED) is 0.456. The first-order valence-corrected chi connectivity index (χ1v) is 6.93. The highest BCUT2D eigenvalue weighted by molar-refractivity contribution is 9.10. The summed E-state index contributed by atoms with van der Waals surface area (Å²) < 4.78 is 18.6. The van der Waals surface area contributed by atoms with E-state index in [0.717, 1.165) is 0 Å². The number of benzene rings is 2. The summed E-state index contributed by atoms with van der Waals surface area (Å²) in [5, 5.41) is 11.1. The van der Waals surface area contributed by atoms with Crippen molar-refractivity contribution in [2.24, 2.45) is 0 Å². The molecule has 1 aliphatic heterocycles. The lowest BCUT2D eigenvalue weighted by Gasteiger charge is -2.01. The Hall–Kier alpha value is -2.54.